The van der Waals surface area contributed by atoms with E-state index < -0.39 is 0 Å². The number of likely N-dealkylation sites (N-methyl/N-ethyl adjacent to an activating group) is 1. The number of halogens is 2. The summed E-state index contributed by atoms with van der Waals surface area (Å²) in [4.78, 5) is 12.5. The Morgan fingerprint density at radius 2 is 2.32 bits per heavy atom. The number of guanidine groups is 1. The van der Waals surface area contributed by atoms with Crippen molar-refractivity contribution in [2.45, 2.75) is 12.5 Å². The Kier molecular flexibility index (Phi) is 4.96. The lowest BCUT2D eigenvalue weighted by Gasteiger charge is -2.22. The highest BCUT2D eigenvalue weighted by Gasteiger charge is 2.26. The first-order valence-electron chi connectivity index (χ1n) is 5.92. The van der Waals surface area contributed by atoms with Gasteiger partial charge in [-0.25, -0.2) is 9.97 Å². The Morgan fingerprint density at radius 1 is 1.58 bits per heavy atom. The second-order valence-corrected chi connectivity index (χ2v) is 6.47. The zero-order valence-corrected chi connectivity index (χ0v) is 14.6. The van der Waals surface area contributed by atoms with E-state index in [9.17, 15) is 0 Å². The lowest BCUT2D eigenvalue weighted by Crippen LogP contribution is -2.37. The molecule has 0 aliphatic carbocycles. The van der Waals surface area contributed by atoms with Crippen LogP contribution in [0.1, 0.15) is 6.42 Å². The molecule has 1 fully saturated rings. The Morgan fingerprint density at radius 3 is 2.95 bits per heavy atom. The van der Waals surface area contributed by atoms with Crippen molar-refractivity contribution in [2.24, 2.45) is 0 Å². The number of nitrogens with zero attached hydrogens (tertiary/aromatic N) is 4. The van der Waals surface area contributed by atoms with Crippen molar-refractivity contribution in [3.63, 3.8) is 0 Å². The molecule has 0 aromatic carbocycles. The zero-order valence-electron chi connectivity index (χ0n) is 10.8. The minimum absolute atomic E-state index is 0.388. The first-order valence-corrected chi connectivity index (χ1v) is 7.79. The van der Waals surface area contributed by atoms with Crippen molar-refractivity contribution < 1.29 is 0 Å². The summed E-state index contributed by atoms with van der Waals surface area (Å²) in [6.45, 7) is 1.77. The van der Waals surface area contributed by atoms with Gasteiger partial charge in [0.05, 0.1) is 4.47 Å². The summed E-state index contributed by atoms with van der Waals surface area (Å²) >= 11 is 5.56. The van der Waals surface area contributed by atoms with E-state index in [4.69, 9.17) is 5.41 Å². The molecule has 0 saturated carbocycles. The maximum atomic E-state index is 8.13. The maximum Gasteiger partial charge on any atom is 0.196 e. The van der Waals surface area contributed by atoms with Crippen molar-refractivity contribution in [3.05, 3.63) is 14.5 Å². The van der Waals surface area contributed by atoms with E-state index in [-0.39, 0.29) is 0 Å². The fraction of sp³-hybridized carbons (Fsp3) is 0.545. The van der Waals surface area contributed by atoms with Gasteiger partial charge in [0, 0.05) is 19.1 Å². The van der Waals surface area contributed by atoms with Gasteiger partial charge in [-0.1, -0.05) is 0 Å². The van der Waals surface area contributed by atoms with Crippen LogP contribution in [-0.4, -0.2) is 59.0 Å². The molecular formula is C11H16BrIN6. The summed E-state index contributed by atoms with van der Waals surface area (Å²) in [7, 11) is 4.16. The molecule has 0 amide bonds. The third kappa shape index (κ3) is 3.54. The molecule has 0 spiro atoms. The van der Waals surface area contributed by atoms with Gasteiger partial charge in [0.2, 0.25) is 0 Å². The van der Waals surface area contributed by atoms with Gasteiger partial charge in [0.15, 0.2) is 11.8 Å². The standard InChI is InChI=1S/C11H16BrIN6/c1-18(2)7-3-4-19(5-7)11(14)17-10-8(12)9(13)15-6-16-10/h6-7H,3-5H2,1-2H3,(H2,14,15,16,17). The van der Waals surface area contributed by atoms with Crippen LogP contribution in [0.3, 0.4) is 0 Å². The summed E-state index contributed by atoms with van der Waals surface area (Å²) in [6, 6.07) is 0.510. The molecule has 1 aromatic heterocycles. The normalized spacial score (nSPS) is 19.0. The molecule has 1 atom stereocenters. The molecule has 1 aliphatic heterocycles. The third-order valence-corrected chi connectivity index (χ3v) is 5.50. The van der Waals surface area contributed by atoms with Gasteiger partial charge >= 0.3 is 0 Å². The lowest BCUT2D eigenvalue weighted by molar-refractivity contribution is 0.301. The molecule has 2 heterocycles. The second kappa shape index (κ2) is 6.31. The van der Waals surface area contributed by atoms with E-state index in [0.29, 0.717) is 17.8 Å². The molecule has 1 unspecified atom stereocenters. The second-order valence-electron chi connectivity index (χ2n) is 4.65. The monoisotopic (exact) mass is 438 g/mol. The van der Waals surface area contributed by atoms with Crippen LogP contribution < -0.4 is 5.32 Å². The number of aromatic nitrogens is 2. The average Bonchev–Trinajstić information content (AvgIpc) is 2.84. The van der Waals surface area contributed by atoms with Crippen LogP contribution in [0.25, 0.3) is 0 Å². The van der Waals surface area contributed by atoms with Gasteiger partial charge < -0.3 is 15.1 Å². The van der Waals surface area contributed by atoms with E-state index in [2.05, 4.69) is 72.8 Å². The van der Waals surface area contributed by atoms with Crippen LogP contribution in [0.2, 0.25) is 0 Å². The van der Waals surface area contributed by atoms with Gasteiger partial charge in [-0.05, 0) is 59.0 Å². The van der Waals surface area contributed by atoms with Crippen LogP contribution in [-0.2, 0) is 0 Å². The molecule has 1 saturated heterocycles. The topological polar surface area (TPSA) is 68.1 Å². The van der Waals surface area contributed by atoms with Gasteiger partial charge in [-0.2, -0.15) is 0 Å². The fourth-order valence-corrected chi connectivity index (χ4v) is 2.68. The number of likely N-dealkylation sites (tertiary alicyclic amines) is 1. The van der Waals surface area contributed by atoms with E-state index in [1.54, 1.807) is 0 Å². The summed E-state index contributed by atoms with van der Waals surface area (Å²) < 4.78 is 1.62. The van der Waals surface area contributed by atoms with Crippen LogP contribution in [0, 0.1) is 9.11 Å². The summed E-state index contributed by atoms with van der Waals surface area (Å²) in [6.07, 6.45) is 2.58. The molecular weight excluding hydrogens is 423 g/mol. The summed E-state index contributed by atoms with van der Waals surface area (Å²) in [5, 5.41) is 11.2. The fourth-order valence-electron chi connectivity index (χ4n) is 1.99. The van der Waals surface area contributed by atoms with E-state index in [0.717, 1.165) is 27.7 Å². The quantitative estimate of drug-likeness (QED) is 0.319. The van der Waals surface area contributed by atoms with E-state index >= 15 is 0 Å². The maximum absolute atomic E-state index is 8.13. The van der Waals surface area contributed by atoms with Crippen LogP contribution in [0.5, 0.6) is 0 Å². The number of hydrogen-bond acceptors (Lipinski definition) is 4. The molecule has 8 heteroatoms. The highest BCUT2D eigenvalue weighted by molar-refractivity contribution is 14.1. The molecule has 19 heavy (non-hydrogen) atoms. The predicted molar refractivity (Wildman–Crippen MR) is 87.5 cm³/mol. The molecule has 104 valence electrons. The predicted octanol–water partition coefficient (Wildman–Crippen LogP) is 1.83. The van der Waals surface area contributed by atoms with Crippen LogP contribution in [0.15, 0.2) is 10.8 Å². The largest absolute Gasteiger partial charge is 0.341 e. The van der Waals surface area contributed by atoms with Crippen LogP contribution >= 0.6 is 38.5 Å². The van der Waals surface area contributed by atoms with Crippen molar-refractivity contribution in [2.75, 3.05) is 32.5 Å². The third-order valence-electron chi connectivity index (χ3n) is 3.19. The zero-order chi connectivity index (χ0) is 14.0. The Hall–Kier alpha value is -0.480. The first kappa shape index (κ1) is 14.9. The van der Waals surface area contributed by atoms with Crippen molar-refractivity contribution in [1.82, 2.24) is 19.8 Å². The smallest absolute Gasteiger partial charge is 0.196 e. The number of anilines is 1. The van der Waals surface area contributed by atoms with Gasteiger partial charge in [-0.3, -0.25) is 5.41 Å². The van der Waals surface area contributed by atoms with Crippen molar-refractivity contribution in [1.29, 1.82) is 5.41 Å². The molecule has 2 N–H and O–H groups in total. The minimum atomic E-state index is 0.388. The Balaban J connectivity index is 2.00. The highest BCUT2D eigenvalue weighted by atomic mass is 127. The number of nitrogens with one attached hydrogen (secondary N) is 2. The summed E-state index contributed by atoms with van der Waals surface area (Å²) in [5.74, 6) is 1.03. The first-order chi connectivity index (χ1) is 8.99. The van der Waals surface area contributed by atoms with Crippen molar-refractivity contribution in [3.8, 4) is 0 Å². The molecule has 6 nitrogen and oxygen atoms in total. The van der Waals surface area contributed by atoms with Gasteiger partial charge in [-0.15, -0.1) is 0 Å². The minimum Gasteiger partial charge on any atom is -0.341 e. The average molecular weight is 439 g/mol. The van der Waals surface area contributed by atoms with E-state index in [1.807, 2.05) is 4.90 Å². The van der Waals surface area contributed by atoms with Gasteiger partial charge in [0.25, 0.3) is 0 Å². The van der Waals surface area contributed by atoms with Crippen LogP contribution in [0.4, 0.5) is 5.82 Å². The number of hydrogen-bond donors (Lipinski definition) is 2. The molecule has 0 radical (unpaired) electrons. The highest BCUT2D eigenvalue weighted by Crippen LogP contribution is 2.24. The Labute approximate surface area is 134 Å². The molecule has 0 bridgehead atoms. The van der Waals surface area contributed by atoms with Crippen molar-refractivity contribution >= 4 is 50.3 Å². The molecule has 2 rings (SSSR count). The summed E-state index contributed by atoms with van der Waals surface area (Å²) in [5.41, 5.74) is 0. The number of rotatable bonds is 2. The lowest BCUT2D eigenvalue weighted by atomic mass is 10.2. The van der Waals surface area contributed by atoms with E-state index in [1.165, 1.54) is 6.33 Å². The molecule has 1 aromatic rings. The van der Waals surface area contributed by atoms with Gasteiger partial charge in [0.1, 0.15) is 10.0 Å². The molecule has 1 aliphatic rings. The SMILES string of the molecule is CN(C)C1CCN(C(=N)Nc2ncnc(I)c2Br)C1. The Bertz CT molecular complexity index is 480.